The molecule has 1 heterocycles. The zero-order valence-electron chi connectivity index (χ0n) is 13.2. The Morgan fingerprint density at radius 1 is 1.00 bits per heavy atom. The Balaban J connectivity index is 1.67. The molecule has 0 atom stereocenters. The first-order chi connectivity index (χ1) is 11.8. The van der Waals surface area contributed by atoms with Crippen molar-refractivity contribution in [3.8, 4) is 17.0 Å². The minimum absolute atomic E-state index is 0.0214. The number of carbonyl (C=O) groups excluding carboxylic acids is 1. The highest BCUT2D eigenvalue weighted by Crippen LogP contribution is 2.26. The van der Waals surface area contributed by atoms with Crippen LogP contribution in [0.25, 0.3) is 22.2 Å². The Kier molecular flexibility index (Phi) is 5.25. The van der Waals surface area contributed by atoms with Crippen molar-refractivity contribution in [2.24, 2.45) is 0 Å². The van der Waals surface area contributed by atoms with Gasteiger partial charge < -0.3 is 19.6 Å². The lowest BCUT2D eigenvalue weighted by Crippen LogP contribution is -2.08. The minimum atomic E-state index is 0.0214. The highest BCUT2D eigenvalue weighted by Gasteiger charge is 2.05. The molecule has 2 N–H and O–H groups in total. The van der Waals surface area contributed by atoms with Crippen molar-refractivity contribution >= 4 is 17.2 Å². The standard InChI is InChI=1S/C19H19NO4/c21-7-8-23-9-10-24-17-5-3-15(4-6-17)19-12-16-2-1-14(13-22)11-18(16)20-19/h1-6,11-13,20-21H,7-10H2. The maximum atomic E-state index is 10.9. The zero-order valence-corrected chi connectivity index (χ0v) is 13.2. The zero-order chi connectivity index (χ0) is 16.8. The number of hydrogen-bond donors (Lipinski definition) is 2. The molecule has 0 aliphatic heterocycles. The number of aldehydes is 1. The van der Waals surface area contributed by atoms with Crippen LogP contribution in [-0.4, -0.2) is 42.8 Å². The summed E-state index contributed by atoms with van der Waals surface area (Å²) in [6.45, 7) is 1.24. The van der Waals surface area contributed by atoms with Crippen molar-refractivity contribution in [2.75, 3.05) is 26.4 Å². The Morgan fingerprint density at radius 3 is 2.58 bits per heavy atom. The van der Waals surface area contributed by atoms with Gasteiger partial charge in [0.25, 0.3) is 0 Å². The second kappa shape index (κ2) is 7.77. The number of aromatic nitrogens is 1. The summed E-state index contributed by atoms with van der Waals surface area (Å²) in [6, 6.07) is 15.4. The number of fused-ring (bicyclic) bond motifs is 1. The van der Waals surface area contributed by atoms with Gasteiger partial charge in [0.2, 0.25) is 0 Å². The van der Waals surface area contributed by atoms with Crippen LogP contribution in [-0.2, 0) is 4.74 Å². The van der Waals surface area contributed by atoms with Gasteiger partial charge in [-0.25, -0.2) is 0 Å². The number of ether oxygens (including phenoxy) is 2. The molecule has 124 valence electrons. The maximum Gasteiger partial charge on any atom is 0.150 e. The molecule has 0 amide bonds. The molecule has 2 aromatic carbocycles. The lowest BCUT2D eigenvalue weighted by Gasteiger charge is -2.07. The van der Waals surface area contributed by atoms with E-state index in [9.17, 15) is 4.79 Å². The molecule has 0 aliphatic rings. The maximum absolute atomic E-state index is 10.9. The highest BCUT2D eigenvalue weighted by atomic mass is 16.5. The van der Waals surface area contributed by atoms with E-state index >= 15 is 0 Å². The molecule has 3 aromatic rings. The molecule has 0 bridgehead atoms. The van der Waals surface area contributed by atoms with Gasteiger partial charge in [0.05, 0.1) is 19.8 Å². The highest BCUT2D eigenvalue weighted by molar-refractivity contribution is 5.90. The van der Waals surface area contributed by atoms with Crippen LogP contribution >= 0.6 is 0 Å². The number of H-pyrrole nitrogens is 1. The SMILES string of the molecule is O=Cc1ccc2cc(-c3ccc(OCCOCCO)cc3)[nH]c2c1. The number of nitrogens with one attached hydrogen (secondary N) is 1. The number of rotatable bonds is 8. The Hall–Kier alpha value is -2.63. The van der Waals surface area contributed by atoms with Crippen LogP contribution in [0.3, 0.4) is 0 Å². The molecule has 1 aromatic heterocycles. The molecule has 0 saturated heterocycles. The van der Waals surface area contributed by atoms with Crippen molar-refractivity contribution in [1.29, 1.82) is 0 Å². The van der Waals surface area contributed by atoms with E-state index in [0.29, 0.717) is 25.4 Å². The van der Waals surface area contributed by atoms with Crippen molar-refractivity contribution in [3.05, 3.63) is 54.1 Å². The number of carbonyl (C=O) groups is 1. The lowest BCUT2D eigenvalue weighted by molar-refractivity contribution is 0.0705. The first kappa shape index (κ1) is 16.2. The molecule has 3 rings (SSSR count). The van der Waals surface area contributed by atoms with Crippen molar-refractivity contribution in [2.45, 2.75) is 0 Å². The lowest BCUT2D eigenvalue weighted by atomic mass is 10.1. The third-order valence-electron chi connectivity index (χ3n) is 3.68. The van der Waals surface area contributed by atoms with E-state index in [4.69, 9.17) is 14.6 Å². The summed E-state index contributed by atoms with van der Waals surface area (Å²) in [7, 11) is 0. The summed E-state index contributed by atoms with van der Waals surface area (Å²) in [4.78, 5) is 14.2. The smallest absolute Gasteiger partial charge is 0.150 e. The average molecular weight is 325 g/mol. The van der Waals surface area contributed by atoms with Gasteiger partial charge >= 0.3 is 0 Å². The minimum Gasteiger partial charge on any atom is -0.491 e. The molecule has 0 saturated carbocycles. The monoisotopic (exact) mass is 325 g/mol. The van der Waals surface area contributed by atoms with Gasteiger partial charge in [0, 0.05) is 22.2 Å². The van der Waals surface area contributed by atoms with Gasteiger partial charge in [-0.1, -0.05) is 12.1 Å². The second-order valence-electron chi connectivity index (χ2n) is 5.36. The normalized spacial score (nSPS) is 10.9. The molecule has 0 unspecified atom stereocenters. The molecule has 0 radical (unpaired) electrons. The van der Waals surface area contributed by atoms with E-state index in [-0.39, 0.29) is 6.61 Å². The quantitative estimate of drug-likeness (QED) is 0.493. The van der Waals surface area contributed by atoms with Gasteiger partial charge in [-0.2, -0.15) is 0 Å². The predicted molar refractivity (Wildman–Crippen MR) is 92.5 cm³/mol. The fourth-order valence-corrected chi connectivity index (χ4v) is 2.49. The summed E-state index contributed by atoms with van der Waals surface area (Å²) in [5, 5.41) is 9.68. The average Bonchev–Trinajstić information content (AvgIpc) is 3.05. The molecule has 0 aliphatic carbocycles. The van der Waals surface area contributed by atoms with E-state index in [1.165, 1.54) is 0 Å². The Bertz CT molecular complexity index is 808. The molecular formula is C19H19NO4. The Morgan fingerprint density at radius 2 is 1.83 bits per heavy atom. The van der Waals surface area contributed by atoms with Gasteiger partial charge in [-0.15, -0.1) is 0 Å². The molecule has 5 nitrogen and oxygen atoms in total. The number of hydrogen-bond acceptors (Lipinski definition) is 4. The topological polar surface area (TPSA) is 71.6 Å². The van der Waals surface area contributed by atoms with Crippen molar-refractivity contribution in [1.82, 2.24) is 4.98 Å². The summed E-state index contributed by atoms with van der Waals surface area (Å²) in [5.74, 6) is 0.769. The van der Waals surface area contributed by atoms with Gasteiger partial charge in [0.1, 0.15) is 18.6 Å². The van der Waals surface area contributed by atoms with Crippen molar-refractivity contribution < 1.29 is 19.4 Å². The summed E-state index contributed by atoms with van der Waals surface area (Å²) in [5.41, 5.74) is 3.63. The fraction of sp³-hybridized carbons (Fsp3) is 0.211. The summed E-state index contributed by atoms with van der Waals surface area (Å²) < 4.78 is 10.7. The third-order valence-corrected chi connectivity index (χ3v) is 3.68. The first-order valence-corrected chi connectivity index (χ1v) is 7.80. The number of aromatic amines is 1. The summed E-state index contributed by atoms with van der Waals surface area (Å²) in [6.07, 6.45) is 0.844. The number of aliphatic hydroxyl groups is 1. The van der Waals surface area contributed by atoms with Crippen LogP contribution in [0, 0.1) is 0 Å². The first-order valence-electron chi connectivity index (χ1n) is 7.80. The number of benzene rings is 2. The van der Waals surface area contributed by atoms with Crippen molar-refractivity contribution in [3.63, 3.8) is 0 Å². The van der Waals surface area contributed by atoms with E-state index in [2.05, 4.69) is 11.1 Å². The molecule has 0 fully saturated rings. The van der Waals surface area contributed by atoms with Gasteiger partial charge in [-0.05, 0) is 42.0 Å². The van der Waals surface area contributed by atoms with Crippen LogP contribution in [0.2, 0.25) is 0 Å². The van der Waals surface area contributed by atoms with Crippen LogP contribution in [0.15, 0.2) is 48.5 Å². The van der Waals surface area contributed by atoms with Gasteiger partial charge in [-0.3, -0.25) is 4.79 Å². The Labute approximate surface area is 139 Å². The predicted octanol–water partition coefficient (Wildman–Crippen LogP) is 3.04. The third kappa shape index (κ3) is 3.82. The fourth-order valence-electron chi connectivity index (χ4n) is 2.49. The van der Waals surface area contributed by atoms with Crippen LogP contribution < -0.4 is 4.74 Å². The van der Waals surface area contributed by atoms with Crippen LogP contribution in [0.4, 0.5) is 0 Å². The largest absolute Gasteiger partial charge is 0.491 e. The number of aliphatic hydroxyl groups excluding tert-OH is 1. The molecule has 0 spiro atoms. The summed E-state index contributed by atoms with van der Waals surface area (Å²) >= 11 is 0. The van der Waals surface area contributed by atoms with E-state index < -0.39 is 0 Å². The molecule has 24 heavy (non-hydrogen) atoms. The van der Waals surface area contributed by atoms with E-state index in [1.54, 1.807) is 0 Å². The van der Waals surface area contributed by atoms with Gasteiger partial charge in [0.15, 0.2) is 0 Å². The van der Waals surface area contributed by atoms with E-state index in [0.717, 1.165) is 34.2 Å². The molecular weight excluding hydrogens is 306 g/mol. The molecule has 5 heteroatoms. The van der Waals surface area contributed by atoms with Crippen LogP contribution in [0.5, 0.6) is 5.75 Å². The second-order valence-corrected chi connectivity index (χ2v) is 5.36. The van der Waals surface area contributed by atoms with E-state index in [1.807, 2.05) is 42.5 Å². The van der Waals surface area contributed by atoms with Crippen LogP contribution in [0.1, 0.15) is 10.4 Å².